The van der Waals surface area contributed by atoms with E-state index in [1.54, 1.807) is 18.2 Å². The Bertz CT molecular complexity index is 967. The molecular weight excluding hydrogens is 364 g/mol. The van der Waals surface area contributed by atoms with Gasteiger partial charge in [-0.3, -0.25) is 9.69 Å². The minimum absolute atomic E-state index is 0.236. The summed E-state index contributed by atoms with van der Waals surface area (Å²) >= 11 is 6.13. The summed E-state index contributed by atoms with van der Waals surface area (Å²) in [5.41, 5.74) is 2.34. The fourth-order valence-corrected chi connectivity index (χ4v) is 3.11. The van der Waals surface area contributed by atoms with E-state index in [0.717, 1.165) is 5.56 Å². The number of hydrogen-bond acceptors (Lipinski definition) is 3. The van der Waals surface area contributed by atoms with Crippen molar-refractivity contribution >= 4 is 34.9 Å². The van der Waals surface area contributed by atoms with Crippen molar-refractivity contribution in [2.24, 2.45) is 0 Å². The van der Waals surface area contributed by atoms with Crippen LogP contribution >= 0.6 is 11.6 Å². The molecule has 0 aliphatic carbocycles. The van der Waals surface area contributed by atoms with E-state index in [-0.39, 0.29) is 11.5 Å². The van der Waals surface area contributed by atoms with Gasteiger partial charge in [-0.15, -0.1) is 0 Å². The second-order valence-electron chi connectivity index (χ2n) is 6.03. The van der Waals surface area contributed by atoms with Crippen LogP contribution in [-0.4, -0.2) is 23.6 Å². The first-order valence-electron chi connectivity index (χ1n) is 8.38. The topological polar surface area (TPSA) is 51.5 Å². The molecule has 27 heavy (non-hydrogen) atoms. The molecule has 0 spiro atoms. The Morgan fingerprint density at radius 2 is 1.81 bits per heavy atom. The summed E-state index contributed by atoms with van der Waals surface area (Å²) < 4.78 is 6.89. The number of carbonyl (C=O) groups is 2. The van der Waals surface area contributed by atoms with Gasteiger partial charge in [0.1, 0.15) is 0 Å². The van der Waals surface area contributed by atoms with E-state index in [2.05, 4.69) is 0 Å². The maximum atomic E-state index is 12.5. The maximum absolute atomic E-state index is 12.5. The molecule has 5 nitrogen and oxygen atoms in total. The molecule has 3 rings (SSSR count). The van der Waals surface area contributed by atoms with Crippen LogP contribution in [0.1, 0.15) is 22.8 Å². The smallest absolute Gasteiger partial charge is 0.339 e. The van der Waals surface area contributed by atoms with Crippen molar-refractivity contribution in [2.75, 3.05) is 12.0 Å². The van der Waals surface area contributed by atoms with E-state index >= 15 is 0 Å². The fourth-order valence-electron chi connectivity index (χ4n) is 2.94. The van der Waals surface area contributed by atoms with Gasteiger partial charge in [0.05, 0.1) is 18.4 Å². The third-order valence-corrected chi connectivity index (χ3v) is 4.36. The van der Waals surface area contributed by atoms with Crippen molar-refractivity contribution < 1.29 is 14.3 Å². The molecule has 0 fully saturated rings. The van der Waals surface area contributed by atoms with Gasteiger partial charge in [0.15, 0.2) is 0 Å². The number of halogens is 1. The second-order valence-corrected chi connectivity index (χ2v) is 6.47. The number of anilines is 2. The number of hydrogen-bond donors (Lipinski definition) is 0. The second kappa shape index (κ2) is 8.10. The summed E-state index contributed by atoms with van der Waals surface area (Å²) in [5, 5.41) is 0.424. The average Bonchev–Trinajstić information content (AvgIpc) is 3.14. The van der Waals surface area contributed by atoms with Gasteiger partial charge >= 0.3 is 5.97 Å². The standard InChI is InChI=1S/C21H19ClN2O3/c1-15(25)24(20-13-17(22)8-9-19(20)21(26)27-2)18-7-5-6-16(12-18)14-23-10-3-4-11-23/h3-13H,14H2,1-2H3. The number of nitrogens with zero attached hydrogens (tertiary/aromatic N) is 2. The lowest BCUT2D eigenvalue weighted by molar-refractivity contribution is -0.115. The monoisotopic (exact) mass is 382 g/mol. The molecule has 138 valence electrons. The summed E-state index contributed by atoms with van der Waals surface area (Å²) in [6.07, 6.45) is 3.95. The van der Waals surface area contributed by atoms with E-state index in [1.807, 2.05) is 53.4 Å². The predicted molar refractivity (Wildman–Crippen MR) is 106 cm³/mol. The van der Waals surface area contributed by atoms with Gasteiger partial charge in [-0.05, 0) is 48.0 Å². The highest BCUT2D eigenvalue weighted by atomic mass is 35.5. The normalized spacial score (nSPS) is 10.5. The first-order chi connectivity index (χ1) is 13.0. The molecule has 1 aromatic heterocycles. The van der Waals surface area contributed by atoms with Crippen molar-refractivity contribution in [3.05, 3.63) is 83.1 Å². The number of carbonyl (C=O) groups excluding carboxylic acids is 2. The number of benzene rings is 2. The molecule has 0 aliphatic heterocycles. The van der Waals surface area contributed by atoms with Gasteiger partial charge in [-0.25, -0.2) is 4.79 Å². The number of methoxy groups -OCH3 is 1. The zero-order valence-electron chi connectivity index (χ0n) is 15.1. The zero-order chi connectivity index (χ0) is 19.4. The number of aromatic nitrogens is 1. The first kappa shape index (κ1) is 18.7. The van der Waals surface area contributed by atoms with Crippen LogP contribution in [-0.2, 0) is 16.1 Å². The van der Waals surface area contributed by atoms with Gasteiger partial charge < -0.3 is 9.30 Å². The van der Waals surface area contributed by atoms with Gasteiger partial charge in [0, 0.05) is 36.6 Å². The molecule has 1 amide bonds. The van der Waals surface area contributed by atoms with Crippen LogP contribution < -0.4 is 4.90 Å². The molecule has 0 atom stereocenters. The van der Waals surface area contributed by atoms with Crippen molar-refractivity contribution in [2.45, 2.75) is 13.5 Å². The van der Waals surface area contributed by atoms with Crippen LogP contribution in [0.15, 0.2) is 67.0 Å². The molecule has 0 aliphatic rings. The number of ether oxygens (including phenoxy) is 1. The molecular formula is C21H19ClN2O3. The van der Waals surface area contributed by atoms with Crippen LogP contribution in [0.5, 0.6) is 0 Å². The maximum Gasteiger partial charge on any atom is 0.339 e. The summed E-state index contributed by atoms with van der Waals surface area (Å²) in [4.78, 5) is 26.1. The highest BCUT2D eigenvalue weighted by Gasteiger charge is 2.22. The van der Waals surface area contributed by atoms with E-state index in [0.29, 0.717) is 22.9 Å². The number of esters is 1. The number of rotatable bonds is 5. The lowest BCUT2D eigenvalue weighted by Crippen LogP contribution is -2.25. The molecule has 6 heteroatoms. The van der Waals surface area contributed by atoms with Crippen molar-refractivity contribution in [3.8, 4) is 0 Å². The van der Waals surface area contributed by atoms with Crippen LogP contribution in [0.4, 0.5) is 11.4 Å². The van der Waals surface area contributed by atoms with Gasteiger partial charge in [-0.2, -0.15) is 0 Å². The highest BCUT2D eigenvalue weighted by molar-refractivity contribution is 6.31. The summed E-state index contributed by atoms with van der Waals surface area (Å²) in [7, 11) is 1.30. The molecule has 0 bridgehead atoms. The first-order valence-corrected chi connectivity index (χ1v) is 8.75. The van der Waals surface area contributed by atoms with E-state index in [4.69, 9.17) is 16.3 Å². The molecule has 3 aromatic rings. The molecule has 0 saturated heterocycles. The Morgan fingerprint density at radius 1 is 1.07 bits per heavy atom. The Balaban J connectivity index is 2.06. The fraction of sp³-hybridized carbons (Fsp3) is 0.143. The molecule has 2 aromatic carbocycles. The van der Waals surface area contributed by atoms with Gasteiger partial charge in [-0.1, -0.05) is 23.7 Å². The SMILES string of the molecule is COC(=O)c1ccc(Cl)cc1N(C(C)=O)c1cccc(Cn2cccc2)c1. The van der Waals surface area contributed by atoms with Crippen LogP contribution in [0.3, 0.4) is 0 Å². The lowest BCUT2D eigenvalue weighted by Gasteiger charge is -2.24. The quantitative estimate of drug-likeness (QED) is 0.603. The summed E-state index contributed by atoms with van der Waals surface area (Å²) in [6.45, 7) is 2.12. The molecule has 0 unspecified atom stereocenters. The molecule has 1 heterocycles. The van der Waals surface area contributed by atoms with Gasteiger partial charge in [0.2, 0.25) is 5.91 Å². The van der Waals surface area contributed by atoms with Crippen molar-refractivity contribution in [1.29, 1.82) is 0 Å². The molecule has 0 N–H and O–H groups in total. The van der Waals surface area contributed by atoms with Crippen molar-refractivity contribution in [1.82, 2.24) is 4.57 Å². The van der Waals surface area contributed by atoms with E-state index < -0.39 is 5.97 Å². The molecule has 0 saturated carbocycles. The third-order valence-electron chi connectivity index (χ3n) is 4.12. The minimum atomic E-state index is -0.531. The largest absolute Gasteiger partial charge is 0.465 e. The van der Waals surface area contributed by atoms with E-state index in [9.17, 15) is 9.59 Å². The average molecular weight is 383 g/mol. The Kier molecular flexibility index (Phi) is 5.62. The summed E-state index contributed by atoms with van der Waals surface area (Å²) in [5.74, 6) is -0.767. The Hall–Kier alpha value is -3.05. The Morgan fingerprint density at radius 3 is 2.48 bits per heavy atom. The number of amides is 1. The Labute approximate surface area is 162 Å². The summed E-state index contributed by atoms with van der Waals surface area (Å²) in [6, 6.07) is 16.3. The van der Waals surface area contributed by atoms with Gasteiger partial charge in [0.25, 0.3) is 0 Å². The molecule has 0 radical (unpaired) electrons. The van der Waals surface area contributed by atoms with Crippen LogP contribution in [0.25, 0.3) is 0 Å². The zero-order valence-corrected chi connectivity index (χ0v) is 15.8. The van der Waals surface area contributed by atoms with E-state index in [1.165, 1.54) is 18.9 Å². The van der Waals surface area contributed by atoms with Crippen LogP contribution in [0.2, 0.25) is 5.02 Å². The van der Waals surface area contributed by atoms with Crippen molar-refractivity contribution in [3.63, 3.8) is 0 Å². The third kappa shape index (κ3) is 4.20. The highest BCUT2D eigenvalue weighted by Crippen LogP contribution is 2.32. The minimum Gasteiger partial charge on any atom is -0.465 e. The lowest BCUT2D eigenvalue weighted by atomic mass is 10.1. The predicted octanol–water partition coefficient (Wildman–Crippen LogP) is 4.66. The van der Waals surface area contributed by atoms with Crippen LogP contribution in [0, 0.1) is 0 Å².